The molecule has 5 rings (SSSR count). The molecule has 0 saturated carbocycles. The quantitative estimate of drug-likeness (QED) is 0.142. The van der Waals surface area contributed by atoms with Crippen LogP contribution < -0.4 is 14.8 Å². The van der Waals surface area contributed by atoms with Gasteiger partial charge in [-0.05, 0) is 60.0 Å². The van der Waals surface area contributed by atoms with E-state index >= 15 is 0 Å². The van der Waals surface area contributed by atoms with Gasteiger partial charge in [-0.25, -0.2) is 4.99 Å². The van der Waals surface area contributed by atoms with Crippen molar-refractivity contribution in [2.75, 3.05) is 26.9 Å². The monoisotopic (exact) mass is 668 g/mol. The fourth-order valence-corrected chi connectivity index (χ4v) is 5.71. The van der Waals surface area contributed by atoms with E-state index in [0.29, 0.717) is 44.1 Å². The van der Waals surface area contributed by atoms with Crippen molar-refractivity contribution in [1.29, 1.82) is 0 Å². The molecule has 232 valence electrons. The smallest absolute Gasteiger partial charge is 0.252 e. The number of halogens is 1. The third-order valence-corrected chi connectivity index (χ3v) is 8.31. The van der Waals surface area contributed by atoms with Gasteiger partial charge in [0.15, 0.2) is 11.6 Å². The minimum atomic E-state index is -1.28. The van der Waals surface area contributed by atoms with E-state index in [9.17, 15) is 4.79 Å². The number of hydrogen-bond acceptors (Lipinski definition) is 6. The van der Waals surface area contributed by atoms with Crippen LogP contribution in [0.5, 0.6) is 11.5 Å². The van der Waals surface area contributed by atoms with Crippen LogP contribution in [-0.2, 0) is 16.0 Å². The Morgan fingerprint density at radius 2 is 1.78 bits per heavy atom. The van der Waals surface area contributed by atoms with Crippen LogP contribution in [0.15, 0.2) is 119 Å². The number of hydrogen-bond donors (Lipinski definition) is 2. The van der Waals surface area contributed by atoms with Gasteiger partial charge in [0.2, 0.25) is 5.90 Å². The Labute approximate surface area is 272 Å². The SMILES string of the molecule is COc1cccc(CCNC(=O)[C@]2(C/C=C/c3ccccc3)N=C(c3ccc(OCCCO)cc3)O[C@@H]2c2ccccc2Br)c1. The molecule has 4 aromatic rings. The van der Waals surface area contributed by atoms with Crippen molar-refractivity contribution in [2.45, 2.75) is 30.9 Å². The molecule has 45 heavy (non-hydrogen) atoms. The van der Waals surface area contributed by atoms with E-state index in [1.807, 2.05) is 115 Å². The Morgan fingerprint density at radius 3 is 2.53 bits per heavy atom. The average molecular weight is 670 g/mol. The fourth-order valence-electron chi connectivity index (χ4n) is 5.22. The molecule has 7 nitrogen and oxygen atoms in total. The highest BCUT2D eigenvalue weighted by molar-refractivity contribution is 9.10. The van der Waals surface area contributed by atoms with Crippen LogP contribution in [0.3, 0.4) is 0 Å². The lowest BCUT2D eigenvalue weighted by Gasteiger charge is -2.30. The lowest BCUT2D eigenvalue weighted by molar-refractivity contribution is -0.128. The molecular formula is C37H37BrN2O5. The standard InChI is InChI=1S/C37H37BrN2O5/c1-43-31-14-7-12-28(26-31)21-23-39-36(42)37(22-8-13-27-10-3-2-4-11-27)34(32-15-5-6-16-33(32)38)45-35(40-37)29-17-19-30(20-18-29)44-25-9-24-41/h2-8,10-20,26,34,41H,9,21-25H2,1H3,(H,39,42)/b13-8+/t34-,37-/m1/s1. The van der Waals surface area contributed by atoms with Crippen LogP contribution in [0.4, 0.5) is 0 Å². The Balaban J connectivity index is 1.49. The summed E-state index contributed by atoms with van der Waals surface area (Å²) in [5.41, 5.74) is 2.37. The van der Waals surface area contributed by atoms with Crippen LogP contribution in [0.1, 0.15) is 41.2 Å². The molecule has 1 heterocycles. The molecule has 0 bridgehead atoms. The molecule has 1 amide bonds. The molecule has 1 aliphatic rings. The van der Waals surface area contributed by atoms with Gasteiger partial charge in [-0.3, -0.25) is 4.79 Å². The number of nitrogens with zero attached hydrogens (tertiary/aromatic N) is 1. The number of aliphatic imine (C=N–C) groups is 1. The number of carbonyl (C=O) groups excluding carboxylic acids is 1. The predicted molar refractivity (Wildman–Crippen MR) is 181 cm³/mol. The second kappa shape index (κ2) is 15.5. The first-order valence-corrected chi connectivity index (χ1v) is 15.8. The first-order chi connectivity index (χ1) is 22.0. The van der Waals surface area contributed by atoms with E-state index in [1.54, 1.807) is 7.11 Å². The molecule has 0 fully saturated rings. The summed E-state index contributed by atoms with van der Waals surface area (Å²) in [5.74, 6) is 1.62. The van der Waals surface area contributed by atoms with Crippen LogP contribution in [-0.4, -0.2) is 49.3 Å². The highest BCUT2D eigenvalue weighted by atomic mass is 79.9. The number of nitrogens with one attached hydrogen (secondary N) is 1. The lowest BCUT2D eigenvalue weighted by Crippen LogP contribution is -2.48. The minimum absolute atomic E-state index is 0.0710. The maximum absolute atomic E-state index is 14.4. The summed E-state index contributed by atoms with van der Waals surface area (Å²) < 4.78 is 18.5. The Hall–Kier alpha value is -4.40. The molecule has 2 N–H and O–H groups in total. The Bertz CT molecular complexity index is 1620. The number of carbonyl (C=O) groups is 1. The molecule has 2 atom stereocenters. The average Bonchev–Trinajstić information content (AvgIpc) is 3.46. The van der Waals surface area contributed by atoms with Crippen LogP contribution >= 0.6 is 15.9 Å². The van der Waals surface area contributed by atoms with E-state index in [0.717, 1.165) is 32.5 Å². The maximum atomic E-state index is 14.4. The van der Waals surface area contributed by atoms with Gasteiger partial charge in [-0.15, -0.1) is 0 Å². The predicted octanol–water partition coefficient (Wildman–Crippen LogP) is 6.94. The molecule has 8 heteroatoms. The second-order valence-electron chi connectivity index (χ2n) is 10.7. The van der Waals surface area contributed by atoms with Gasteiger partial charge in [0.1, 0.15) is 11.5 Å². The van der Waals surface area contributed by atoms with Crippen molar-refractivity contribution in [2.24, 2.45) is 4.99 Å². The third kappa shape index (κ3) is 8.01. The zero-order chi connectivity index (χ0) is 31.5. The summed E-state index contributed by atoms with van der Waals surface area (Å²) >= 11 is 3.70. The van der Waals surface area contributed by atoms with Gasteiger partial charge in [0.05, 0.1) is 13.7 Å². The largest absolute Gasteiger partial charge is 0.497 e. The van der Waals surface area contributed by atoms with Crippen LogP contribution in [0.25, 0.3) is 6.08 Å². The summed E-state index contributed by atoms with van der Waals surface area (Å²) in [6.07, 6.45) is 4.81. The maximum Gasteiger partial charge on any atom is 0.252 e. The number of aliphatic hydroxyl groups excluding tert-OH is 1. The van der Waals surface area contributed by atoms with Gasteiger partial charge >= 0.3 is 0 Å². The number of benzene rings is 4. The number of ether oxygens (including phenoxy) is 3. The Morgan fingerprint density at radius 1 is 1.00 bits per heavy atom. The van der Waals surface area contributed by atoms with Gasteiger partial charge < -0.3 is 24.6 Å². The zero-order valence-corrected chi connectivity index (χ0v) is 26.8. The number of rotatable bonds is 14. The first-order valence-electron chi connectivity index (χ1n) is 15.0. The second-order valence-corrected chi connectivity index (χ2v) is 11.5. The number of aliphatic hydroxyl groups is 1. The minimum Gasteiger partial charge on any atom is -0.497 e. The van der Waals surface area contributed by atoms with Crippen LogP contribution in [0, 0.1) is 0 Å². The van der Waals surface area contributed by atoms with Gasteiger partial charge in [-0.1, -0.05) is 88.7 Å². The van der Waals surface area contributed by atoms with Crippen molar-refractivity contribution in [1.82, 2.24) is 5.32 Å². The van der Waals surface area contributed by atoms with Crippen molar-refractivity contribution in [3.05, 3.63) is 136 Å². The summed E-state index contributed by atoms with van der Waals surface area (Å²) in [6, 6.07) is 33.0. The Kier molecular flexibility index (Phi) is 11.1. The molecule has 0 spiro atoms. The highest BCUT2D eigenvalue weighted by Gasteiger charge is 2.53. The highest BCUT2D eigenvalue weighted by Crippen LogP contribution is 2.45. The molecule has 0 aliphatic carbocycles. The van der Waals surface area contributed by atoms with Gasteiger partial charge in [-0.2, -0.15) is 0 Å². The van der Waals surface area contributed by atoms with Crippen molar-refractivity contribution in [3.63, 3.8) is 0 Å². The summed E-state index contributed by atoms with van der Waals surface area (Å²) in [5, 5.41) is 12.2. The first kappa shape index (κ1) is 32.0. The topological polar surface area (TPSA) is 89.4 Å². The number of amides is 1. The van der Waals surface area contributed by atoms with E-state index in [2.05, 4.69) is 21.2 Å². The zero-order valence-electron chi connectivity index (χ0n) is 25.2. The normalized spacial score (nSPS) is 17.5. The molecule has 4 aromatic carbocycles. The molecule has 0 unspecified atom stereocenters. The number of methoxy groups -OCH3 is 1. The lowest BCUT2D eigenvalue weighted by atomic mass is 9.84. The van der Waals surface area contributed by atoms with E-state index in [-0.39, 0.29) is 12.5 Å². The molecule has 0 saturated heterocycles. The van der Waals surface area contributed by atoms with E-state index < -0.39 is 11.6 Å². The summed E-state index contributed by atoms with van der Waals surface area (Å²) in [6.45, 7) is 0.912. The van der Waals surface area contributed by atoms with Crippen molar-refractivity contribution in [3.8, 4) is 11.5 Å². The van der Waals surface area contributed by atoms with Crippen LogP contribution in [0.2, 0.25) is 0 Å². The van der Waals surface area contributed by atoms with E-state index in [1.165, 1.54) is 0 Å². The summed E-state index contributed by atoms with van der Waals surface area (Å²) in [7, 11) is 1.64. The fraction of sp³-hybridized carbons (Fsp3) is 0.243. The molecule has 0 aromatic heterocycles. The van der Waals surface area contributed by atoms with E-state index in [4.69, 9.17) is 24.3 Å². The summed E-state index contributed by atoms with van der Waals surface area (Å²) in [4.78, 5) is 19.5. The molecular weight excluding hydrogens is 632 g/mol. The molecule has 1 aliphatic heterocycles. The van der Waals surface area contributed by atoms with Crippen molar-refractivity contribution >= 4 is 33.8 Å². The third-order valence-electron chi connectivity index (χ3n) is 7.59. The van der Waals surface area contributed by atoms with Gasteiger partial charge in [0, 0.05) is 41.6 Å². The van der Waals surface area contributed by atoms with Crippen molar-refractivity contribution < 1.29 is 24.1 Å². The van der Waals surface area contributed by atoms with Gasteiger partial charge in [0.25, 0.3) is 5.91 Å². The molecule has 0 radical (unpaired) electrons.